The van der Waals surface area contributed by atoms with Gasteiger partial charge in [-0.1, -0.05) is 30.0 Å². The molecule has 0 unspecified atom stereocenters. The number of carbonyl (C=O) groups excluding carboxylic acids is 1. The van der Waals surface area contributed by atoms with Crippen molar-refractivity contribution in [2.45, 2.75) is 44.3 Å². The van der Waals surface area contributed by atoms with Crippen molar-refractivity contribution in [3.8, 4) is 5.75 Å². The average Bonchev–Trinajstić information content (AvgIpc) is 3.30. The van der Waals surface area contributed by atoms with Gasteiger partial charge in [-0.2, -0.15) is 0 Å². The first-order valence-corrected chi connectivity index (χ1v) is 10.3. The standard InChI is InChI=1S/C18H21N5O2S2/c1-4-23-15(11-25-14-8-6-5-7-12(14)2)21-22-18(23)27-13(3)16(24)20-17-19-9-10-26-17/h5-10,13H,4,11H2,1-3H3,(H,19,20,24)/t13-/m0/s1. The van der Waals surface area contributed by atoms with Crippen molar-refractivity contribution in [1.29, 1.82) is 0 Å². The van der Waals surface area contributed by atoms with E-state index in [1.54, 1.807) is 6.20 Å². The number of nitrogens with zero attached hydrogens (tertiary/aromatic N) is 4. The molecule has 3 rings (SSSR count). The lowest BCUT2D eigenvalue weighted by atomic mass is 10.2. The Morgan fingerprint density at radius 3 is 2.89 bits per heavy atom. The van der Waals surface area contributed by atoms with E-state index in [1.165, 1.54) is 23.1 Å². The minimum absolute atomic E-state index is 0.113. The van der Waals surface area contributed by atoms with Crippen molar-refractivity contribution in [2.24, 2.45) is 0 Å². The second-order valence-electron chi connectivity index (χ2n) is 5.78. The number of para-hydroxylation sites is 1. The molecule has 1 atom stereocenters. The van der Waals surface area contributed by atoms with Gasteiger partial charge in [0.25, 0.3) is 0 Å². The lowest BCUT2D eigenvalue weighted by molar-refractivity contribution is -0.115. The number of thiazole rings is 1. The van der Waals surface area contributed by atoms with Crippen molar-refractivity contribution >= 4 is 34.1 Å². The molecule has 0 radical (unpaired) electrons. The van der Waals surface area contributed by atoms with Gasteiger partial charge >= 0.3 is 0 Å². The molecule has 0 saturated heterocycles. The summed E-state index contributed by atoms with van der Waals surface area (Å²) in [6.07, 6.45) is 1.66. The number of aromatic nitrogens is 4. The predicted molar refractivity (Wildman–Crippen MR) is 107 cm³/mol. The number of nitrogens with one attached hydrogen (secondary N) is 1. The number of amides is 1. The van der Waals surface area contributed by atoms with E-state index < -0.39 is 0 Å². The molecule has 0 spiro atoms. The first-order valence-electron chi connectivity index (χ1n) is 8.56. The van der Waals surface area contributed by atoms with Crippen LogP contribution in [-0.2, 0) is 17.9 Å². The second-order valence-corrected chi connectivity index (χ2v) is 7.99. The van der Waals surface area contributed by atoms with Gasteiger partial charge in [-0.25, -0.2) is 4.98 Å². The SMILES string of the molecule is CCn1c(COc2ccccc2C)nnc1S[C@@H](C)C(=O)Nc1nccs1. The molecule has 27 heavy (non-hydrogen) atoms. The van der Waals surface area contributed by atoms with Crippen LogP contribution < -0.4 is 10.1 Å². The molecule has 0 saturated carbocycles. The van der Waals surface area contributed by atoms with Gasteiger partial charge in [0.05, 0.1) is 5.25 Å². The van der Waals surface area contributed by atoms with E-state index in [1.807, 2.05) is 55.0 Å². The van der Waals surface area contributed by atoms with Gasteiger partial charge in [-0.3, -0.25) is 4.79 Å². The minimum Gasteiger partial charge on any atom is -0.485 e. The minimum atomic E-state index is -0.325. The maximum absolute atomic E-state index is 12.3. The van der Waals surface area contributed by atoms with E-state index in [4.69, 9.17) is 4.74 Å². The van der Waals surface area contributed by atoms with E-state index in [0.29, 0.717) is 23.4 Å². The van der Waals surface area contributed by atoms with Gasteiger partial charge in [-0.15, -0.1) is 21.5 Å². The summed E-state index contributed by atoms with van der Waals surface area (Å²) in [6, 6.07) is 7.85. The quantitative estimate of drug-likeness (QED) is 0.577. The summed E-state index contributed by atoms with van der Waals surface area (Å²) in [5.74, 6) is 1.45. The van der Waals surface area contributed by atoms with Crippen LogP contribution in [-0.4, -0.2) is 30.9 Å². The van der Waals surface area contributed by atoms with Gasteiger partial charge in [0.2, 0.25) is 5.91 Å². The Balaban J connectivity index is 1.64. The normalized spacial score (nSPS) is 12.0. The highest BCUT2D eigenvalue weighted by atomic mass is 32.2. The molecule has 0 aliphatic carbocycles. The van der Waals surface area contributed by atoms with Crippen molar-refractivity contribution in [3.05, 3.63) is 47.2 Å². The molecule has 7 nitrogen and oxygen atoms in total. The number of ether oxygens (including phenoxy) is 1. The van der Waals surface area contributed by atoms with Crippen molar-refractivity contribution in [2.75, 3.05) is 5.32 Å². The smallest absolute Gasteiger partial charge is 0.239 e. The number of carbonyl (C=O) groups is 1. The Labute approximate surface area is 166 Å². The lowest BCUT2D eigenvalue weighted by Gasteiger charge is -2.12. The van der Waals surface area contributed by atoms with Gasteiger partial charge < -0.3 is 14.6 Å². The fraction of sp³-hybridized carbons (Fsp3) is 0.333. The van der Waals surface area contributed by atoms with Gasteiger partial charge in [0, 0.05) is 18.1 Å². The molecule has 1 amide bonds. The van der Waals surface area contributed by atoms with E-state index in [0.717, 1.165) is 17.1 Å². The molecule has 0 aliphatic heterocycles. The maximum atomic E-state index is 12.3. The van der Waals surface area contributed by atoms with Crippen molar-refractivity contribution < 1.29 is 9.53 Å². The van der Waals surface area contributed by atoms with Crippen LogP contribution in [0.15, 0.2) is 41.0 Å². The molecular weight excluding hydrogens is 382 g/mol. The molecule has 0 fully saturated rings. The van der Waals surface area contributed by atoms with Crippen LogP contribution in [0.5, 0.6) is 5.75 Å². The van der Waals surface area contributed by atoms with Crippen LogP contribution in [0.1, 0.15) is 25.2 Å². The Hall–Kier alpha value is -2.39. The van der Waals surface area contributed by atoms with Gasteiger partial charge in [0.15, 0.2) is 16.1 Å². The summed E-state index contributed by atoms with van der Waals surface area (Å²) < 4.78 is 7.85. The summed E-state index contributed by atoms with van der Waals surface area (Å²) in [4.78, 5) is 16.4. The third-order valence-corrected chi connectivity index (χ3v) is 5.64. The van der Waals surface area contributed by atoms with Gasteiger partial charge in [0.1, 0.15) is 12.4 Å². The fourth-order valence-electron chi connectivity index (χ4n) is 2.40. The molecular formula is C18H21N5O2S2. The van der Waals surface area contributed by atoms with Crippen LogP contribution in [0.3, 0.4) is 0 Å². The number of anilines is 1. The monoisotopic (exact) mass is 403 g/mol. The molecule has 9 heteroatoms. The highest BCUT2D eigenvalue weighted by Crippen LogP contribution is 2.25. The highest BCUT2D eigenvalue weighted by Gasteiger charge is 2.20. The molecule has 3 aromatic rings. The Bertz CT molecular complexity index is 895. The zero-order valence-corrected chi connectivity index (χ0v) is 17.0. The average molecular weight is 404 g/mol. The van der Waals surface area contributed by atoms with Crippen LogP contribution in [0, 0.1) is 6.92 Å². The van der Waals surface area contributed by atoms with Crippen LogP contribution in [0.4, 0.5) is 5.13 Å². The fourth-order valence-corrected chi connectivity index (χ4v) is 3.86. The van der Waals surface area contributed by atoms with Crippen molar-refractivity contribution in [1.82, 2.24) is 19.7 Å². The number of benzene rings is 1. The summed E-state index contributed by atoms with van der Waals surface area (Å²) in [5, 5.41) is 14.1. The Kier molecular flexibility index (Phi) is 6.46. The Morgan fingerprint density at radius 2 is 2.19 bits per heavy atom. The summed E-state index contributed by atoms with van der Waals surface area (Å²) in [5.41, 5.74) is 1.07. The van der Waals surface area contributed by atoms with Crippen molar-refractivity contribution in [3.63, 3.8) is 0 Å². The first kappa shape index (κ1) is 19.4. The maximum Gasteiger partial charge on any atom is 0.239 e. The van der Waals surface area contributed by atoms with E-state index in [2.05, 4.69) is 20.5 Å². The van der Waals surface area contributed by atoms with E-state index >= 15 is 0 Å². The Morgan fingerprint density at radius 1 is 1.37 bits per heavy atom. The number of hydrogen-bond acceptors (Lipinski definition) is 7. The predicted octanol–water partition coefficient (Wildman–Crippen LogP) is 3.76. The van der Waals surface area contributed by atoms with Crippen LogP contribution >= 0.6 is 23.1 Å². The van der Waals surface area contributed by atoms with E-state index in [9.17, 15) is 4.79 Å². The zero-order valence-electron chi connectivity index (χ0n) is 15.4. The third kappa shape index (κ3) is 4.86. The molecule has 0 aliphatic rings. The van der Waals surface area contributed by atoms with Crippen LogP contribution in [0.2, 0.25) is 0 Å². The number of thioether (sulfide) groups is 1. The van der Waals surface area contributed by atoms with Gasteiger partial charge in [-0.05, 0) is 32.4 Å². The summed E-state index contributed by atoms with van der Waals surface area (Å²) >= 11 is 2.76. The number of hydrogen-bond donors (Lipinski definition) is 1. The van der Waals surface area contributed by atoms with E-state index in [-0.39, 0.29) is 11.2 Å². The number of aryl methyl sites for hydroxylation is 1. The molecule has 0 bridgehead atoms. The molecule has 1 N–H and O–H groups in total. The molecule has 2 heterocycles. The molecule has 2 aromatic heterocycles. The zero-order chi connectivity index (χ0) is 19.2. The number of rotatable bonds is 8. The largest absolute Gasteiger partial charge is 0.485 e. The third-order valence-electron chi connectivity index (χ3n) is 3.87. The first-order chi connectivity index (χ1) is 13.1. The summed E-state index contributed by atoms with van der Waals surface area (Å²) in [6.45, 7) is 6.88. The molecule has 142 valence electrons. The highest BCUT2D eigenvalue weighted by molar-refractivity contribution is 8.00. The lowest BCUT2D eigenvalue weighted by Crippen LogP contribution is -2.23. The topological polar surface area (TPSA) is 81.9 Å². The summed E-state index contributed by atoms with van der Waals surface area (Å²) in [7, 11) is 0. The molecule has 1 aromatic carbocycles. The van der Waals surface area contributed by atoms with Crippen LogP contribution in [0.25, 0.3) is 0 Å². The second kappa shape index (κ2) is 9.01.